The number of carbonyl (C=O) groups is 1. The quantitative estimate of drug-likeness (QED) is 0.793. The Labute approximate surface area is 115 Å². The number of methoxy groups -OCH3 is 1. The largest absolute Gasteiger partial charge is 0.496 e. The second kappa shape index (κ2) is 7.79. The van der Waals surface area contributed by atoms with Gasteiger partial charge in [-0.2, -0.15) is 0 Å². The van der Waals surface area contributed by atoms with Gasteiger partial charge in [-0.1, -0.05) is 26.0 Å². The van der Waals surface area contributed by atoms with Gasteiger partial charge in [0.05, 0.1) is 7.11 Å². The van der Waals surface area contributed by atoms with Gasteiger partial charge in [0.15, 0.2) is 0 Å². The second-order valence-corrected chi connectivity index (χ2v) is 4.89. The molecule has 3 N–H and O–H groups in total. The van der Waals surface area contributed by atoms with Gasteiger partial charge in [0.25, 0.3) is 0 Å². The monoisotopic (exact) mass is 264 g/mol. The van der Waals surface area contributed by atoms with E-state index in [1.54, 1.807) is 7.11 Å². The molecule has 0 bridgehead atoms. The molecule has 1 amide bonds. The molecule has 0 fully saturated rings. The van der Waals surface area contributed by atoms with Crippen molar-refractivity contribution in [1.29, 1.82) is 0 Å². The number of hydrogen-bond donors (Lipinski definition) is 2. The molecule has 4 heteroatoms. The van der Waals surface area contributed by atoms with Gasteiger partial charge in [-0.3, -0.25) is 4.79 Å². The normalized spacial score (nSPS) is 10.6. The molecule has 0 saturated heterocycles. The van der Waals surface area contributed by atoms with Gasteiger partial charge in [0.1, 0.15) is 5.75 Å². The van der Waals surface area contributed by atoms with Gasteiger partial charge in [-0.25, -0.2) is 0 Å². The zero-order valence-corrected chi connectivity index (χ0v) is 12.0. The first kappa shape index (κ1) is 15.5. The van der Waals surface area contributed by atoms with E-state index in [9.17, 15) is 4.79 Å². The van der Waals surface area contributed by atoms with Crippen LogP contribution in [0.1, 0.15) is 43.7 Å². The number of nitrogens with one attached hydrogen (secondary N) is 1. The number of carbonyl (C=O) groups excluding carboxylic acids is 1. The lowest BCUT2D eigenvalue weighted by Crippen LogP contribution is -2.23. The molecule has 0 heterocycles. The van der Waals surface area contributed by atoms with E-state index in [0.717, 1.165) is 17.7 Å². The molecule has 0 atom stereocenters. The molecule has 0 radical (unpaired) electrons. The van der Waals surface area contributed by atoms with E-state index in [1.807, 2.05) is 6.07 Å². The third-order valence-electron chi connectivity index (χ3n) is 3.06. The van der Waals surface area contributed by atoms with Gasteiger partial charge in [-0.05, 0) is 30.5 Å². The third kappa shape index (κ3) is 4.91. The number of benzene rings is 1. The summed E-state index contributed by atoms with van der Waals surface area (Å²) in [6.45, 7) is 5.32. The van der Waals surface area contributed by atoms with Crippen molar-refractivity contribution in [2.24, 2.45) is 5.73 Å². The highest BCUT2D eigenvalue weighted by Crippen LogP contribution is 2.24. The van der Waals surface area contributed by atoms with Crippen molar-refractivity contribution in [3.63, 3.8) is 0 Å². The summed E-state index contributed by atoms with van der Waals surface area (Å²) in [7, 11) is 1.64. The standard InChI is InChI=1S/C15H24N2O2/c1-11(2)12-6-7-14(19-3)13(9-12)10-17-15(18)5-4-8-16/h6-7,9,11H,4-5,8,10,16H2,1-3H3,(H,17,18). The van der Waals surface area contributed by atoms with Crippen LogP contribution in [0.15, 0.2) is 18.2 Å². The molecule has 1 rings (SSSR count). The van der Waals surface area contributed by atoms with Gasteiger partial charge in [0, 0.05) is 18.5 Å². The maximum atomic E-state index is 11.6. The van der Waals surface area contributed by atoms with Crippen LogP contribution in [0.4, 0.5) is 0 Å². The topological polar surface area (TPSA) is 64.3 Å². The van der Waals surface area contributed by atoms with Gasteiger partial charge in [0.2, 0.25) is 5.91 Å². The van der Waals surface area contributed by atoms with Gasteiger partial charge < -0.3 is 15.8 Å². The second-order valence-electron chi connectivity index (χ2n) is 4.89. The summed E-state index contributed by atoms with van der Waals surface area (Å²) in [6.07, 6.45) is 1.19. The maximum absolute atomic E-state index is 11.6. The first-order valence-corrected chi connectivity index (χ1v) is 6.72. The Morgan fingerprint density at radius 1 is 1.42 bits per heavy atom. The number of amides is 1. The molecule has 0 aromatic heterocycles. The summed E-state index contributed by atoms with van der Waals surface area (Å²) in [4.78, 5) is 11.6. The van der Waals surface area contributed by atoms with E-state index >= 15 is 0 Å². The van der Waals surface area contributed by atoms with Crippen LogP contribution in [-0.4, -0.2) is 19.6 Å². The fourth-order valence-corrected chi connectivity index (χ4v) is 1.84. The number of nitrogens with two attached hydrogens (primary N) is 1. The molecule has 0 unspecified atom stereocenters. The highest BCUT2D eigenvalue weighted by Gasteiger charge is 2.08. The van der Waals surface area contributed by atoms with Crippen LogP contribution in [0.3, 0.4) is 0 Å². The Balaban J connectivity index is 2.69. The van der Waals surface area contributed by atoms with Crippen molar-refractivity contribution >= 4 is 5.91 Å². The first-order valence-electron chi connectivity index (χ1n) is 6.72. The lowest BCUT2D eigenvalue weighted by molar-refractivity contribution is -0.121. The van der Waals surface area contributed by atoms with Crippen LogP contribution in [0.2, 0.25) is 0 Å². The predicted molar refractivity (Wildman–Crippen MR) is 77.2 cm³/mol. The molecule has 0 spiro atoms. The van der Waals surface area contributed by atoms with Crippen molar-refractivity contribution in [1.82, 2.24) is 5.32 Å². The Kier molecular flexibility index (Phi) is 6.36. The highest BCUT2D eigenvalue weighted by atomic mass is 16.5. The minimum absolute atomic E-state index is 0.0300. The van der Waals surface area contributed by atoms with E-state index in [4.69, 9.17) is 10.5 Å². The van der Waals surface area contributed by atoms with E-state index < -0.39 is 0 Å². The summed E-state index contributed by atoms with van der Waals surface area (Å²) in [6, 6.07) is 6.10. The summed E-state index contributed by atoms with van der Waals surface area (Å²) in [5.41, 5.74) is 7.63. The van der Waals surface area contributed by atoms with E-state index in [-0.39, 0.29) is 5.91 Å². The molecule has 1 aromatic carbocycles. The maximum Gasteiger partial charge on any atom is 0.220 e. The first-order chi connectivity index (χ1) is 9.08. The van der Waals surface area contributed by atoms with Crippen LogP contribution in [0.5, 0.6) is 5.75 Å². The fourth-order valence-electron chi connectivity index (χ4n) is 1.84. The van der Waals surface area contributed by atoms with E-state index in [1.165, 1.54) is 5.56 Å². The molecule has 0 aliphatic carbocycles. The predicted octanol–water partition coefficient (Wildman–Crippen LogP) is 2.17. The summed E-state index contributed by atoms with van der Waals surface area (Å²) >= 11 is 0. The molecular weight excluding hydrogens is 240 g/mol. The Bertz CT molecular complexity index is 417. The molecule has 0 aliphatic heterocycles. The van der Waals surface area contributed by atoms with Crippen LogP contribution in [-0.2, 0) is 11.3 Å². The van der Waals surface area contributed by atoms with Crippen LogP contribution in [0, 0.1) is 0 Å². The summed E-state index contributed by atoms with van der Waals surface area (Å²) in [5.74, 6) is 1.29. The van der Waals surface area contributed by atoms with Gasteiger partial charge in [-0.15, -0.1) is 0 Å². The molecule has 0 aliphatic rings. The zero-order valence-electron chi connectivity index (χ0n) is 12.0. The molecular formula is C15H24N2O2. The minimum Gasteiger partial charge on any atom is -0.496 e. The smallest absolute Gasteiger partial charge is 0.220 e. The van der Waals surface area contributed by atoms with Crippen molar-refractivity contribution in [2.45, 2.75) is 39.2 Å². The SMILES string of the molecule is COc1ccc(C(C)C)cc1CNC(=O)CCCN. The van der Waals surface area contributed by atoms with Crippen molar-refractivity contribution in [3.05, 3.63) is 29.3 Å². The summed E-state index contributed by atoms with van der Waals surface area (Å²) in [5, 5.41) is 2.90. The number of ether oxygens (including phenoxy) is 1. The lowest BCUT2D eigenvalue weighted by Gasteiger charge is -2.13. The Morgan fingerprint density at radius 3 is 2.74 bits per heavy atom. The third-order valence-corrected chi connectivity index (χ3v) is 3.06. The lowest BCUT2D eigenvalue weighted by atomic mass is 10.00. The molecule has 4 nitrogen and oxygen atoms in total. The van der Waals surface area contributed by atoms with Crippen molar-refractivity contribution in [3.8, 4) is 5.75 Å². The van der Waals surface area contributed by atoms with Gasteiger partial charge >= 0.3 is 0 Å². The zero-order chi connectivity index (χ0) is 14.3. The average molecular weight is 264 g/mol. The summed E-state index contributed by atoms with van der Waals surface area (Å²) < 4.78 is 5.32. The minimum atomic E-state index is 0.0300. The van der Waals surface area contributed by atoms with E-state index in [2.05, 4.69) is 31.3 Å². The molecule has 0 saturated carbocycles. The molecule has 1 aromatic rings. The Morgan fingerprint density at radius 2 is 2.16 bits per heavy atom. The fraction of sp³-hybridized carbons (Fsp3) is 0.533. The number of rotatable bonds is 7. The van der Waals surface area contributed by atoms with Crippen LogP contribution in [0.25, 0.3) is 0 Å². The Hall–Kier alpha value is -1.55. The van der Waals surface area contributed by atoms with Crippen molar-refractivity contribution < 1.29 is 9.53 Å². The van der Waals surface area contributed by atoms with Crippen LogP contribution < -0.4 is 15.8 Å². The number of hydrogen-bond acceptors (Lipinski definition) is 3. The highest BCUT2D eigenvalue weighted by molar-refractivity contribution is 5.75. The molecule has 106 valence electrons. The van der Waals surface area contributed by atoms with Crippen LogP contribution >= 0.6 is 0 Å². The average Bonchev–Trinajstić information content (AvgIpc) is 2.42. The van der Waals surface area contributed by atoms with Crippen molar-refractivity contribution in [2.75, 3.05) is 13.7 Å². The van der Waals surface area contributed by atoms with E-state index in [0.29, 0.717) is 25.4 Å². The molecule has 19 heavy (non-hydrogen) atoms.